The van der Waals surface area contributed by atoms with Gasteiger partial charge in [0.15, 0.2) is 0 Å². The Bertz CT molecular complexity index is 406. The number of carbonyl (C=O) groups is 1. The number of aryl methyl sites for hydroxylation is 1. The van der Waals surface area contributed by atoms with Crippen LogP contribution in [0, 0.1) is 12.8 Å². The van der Waals surface area contributed by atoms with Gasteiger partial charge in [-0.3, -0.25) is 4.79 Å². The van der Waals surface area contributed by atoms with Crippen molar-refractivity contribution in [1.82, 2.24) is 9.97 Å². The predicted molar refractivity (Wildman–Crippen MR) is 70.8 cm³/mol. The number of halogens is 1. The summed E-state index contributed by atoms with van der Waals surface area (Å²) < 4.78 is 4.72. The molecule has 0 saturated carbocycles. The molecular weight excluding hydrogens is 254 g/mol. The van der Waals surface area contributed by atoms with E-state index in [2.05, 4.69) is 9.97 Å². The van der Waals surface area contributed by atoms with Crippen molar-refractivity contribution >= 4 is 23.4 Å². The number of esters is 1. The molecule has 1 aromatic rings. The van der Waals surface area contributed by atoms with E-state index in [-0.39, 0.29) is 11.9 Å². The highest BCUT2D eigenvalue weighted by Crippen LogP contribution is 2.17. The summed E-state index contributed by atoms with van der Waals surface area (Å²) >= 11 is 5.91. The number of hydrogen-bond acceptors (Lipinski definition) is 5. The first-order chi connectivity index (χ1) is 8.47. The fourth-order valence-corrected chi connectivity index (χ4v) is 1.89. The summed E-state index contributed by atoms with van der Waals surface area (Å²) in [6, 6.07) is 1.70. The Hall–Kier alpha value is -1.36. The minimum Gasteiger partial charge on any atom is -0.469 e. The highest BCUT2D eigenvalue weighted by molar-refractivity contribution is 6.29. The highest BCUT2D eigenvalue weighted by Gasteiger charge is 2.18. The van der Waals surface area contributed by atoms with E-state index in [1.165, 1.54) is 7.11 Å². The average molecular weight is 272 g/mol. The van der Waals surface area contributed by atoms with Crippen molar-refractivity contribution in [2.45, 2.75) is 20.8 Å². The van der Waals surface area contributed by atoms with Gasteiger partial charge in [-0.2, -0.15) is 0 Å². The van der Waals surface area contributed by atoms with Crippen molar-refractivity contribution in [3.63, 3.8) is 0 Å². The molecule has 1 unspecified atom stereocenters. The maximum atomic E-state index is 11.4. The molecule has 0 aliphatic heterocycles. The monoisotopic (exact) mass is 271 g/mol. The van der Waals surface area contributed by atoms with Gasteiger partial charge in [-0.25, -0.2) is 9.97 Å². The van der Waals surface area contributed by atoms with Gasteiger partial charge < -0.3 is 9.64 Å². The molecule has 0 N–H and O–H groups in total. The normalized spacial score (nSPS) is 12.1. The second kappa shape index (κ2) is 6.54. The third-order valence-corrected chi connectivity index (χ3v) is 2.79. The molecule has 5 nitrogen and oxygen atoms in total. The fraction of sp³-hybridized carbons (Fsp3) is 0.583. The quantitative estimate of drug-likeness (QED) is 0.606. The molecule has 1 heterocycles. The van der Waals surface area contributed by atoms with Crippen LogP contribution in [0.5, 0.6) is 0 Å². The molecule has 1 rings (SSSR count). The van der Waals surface area contributed by atoms with Crippen LogP contribution in [0.4, 0.5) is 5.82 Å². The molecule has 0 bridgehead atoms. The van der Waals surface area contributed by atoms with Gasteiger partial charge in [0.2, 0.25) is 0 Å². The van der Waals surface area contributed by atoms with E-state index in [0.717, 1.165) is 12.4 Å². The van der Waals surface area contributed by atoms with E-state index in [0.29, 0.717) is 17.5 Å². The van der Waals surface area contributed by atoms with Crippen LogP contribution in [0.2, 0.25) is 5.15 Å². The van der Waals surface area contributed by atoms with Crippen molar-refractivity contribution in [1.29, 1.82) is 0 Å². The number of nitrogens with zero attached hydrogens (tertiary/aromatic N) is 3. The van der Waals surface area contributed by atoms with Crippen molar-refractivity contribution in [3.05, 3.63) is 17.0 Å². The van der Waals surface area contributed by atoms with Gasteiger partial charge in [-0.1, -0.05) is 18.5 Å². The topological polar surface area (TPSA) is 55.3 Å². The van der Waals surface area contributed by atoms with Crippen LogP contribution >= 0.6 is 11.6 Å². The van der Waals surface area contributed by atoms with Crippen LogP contribution in [0.25, 0.3) is 0 Å². The van der Waals surface area contributed by atoms with Crippen LogP contribution in [0.3, 0.4) is 0 Å². The number of aromatic nitrogens is 2. The second-order valence-electron chi connectivity index (χ2n) is 4.06. The molecule has 100 valence electrons. The largest absolute Gasteiger partial charge is 0.469 e. The average Bonchev–Trinajstić information content (AvgIpc) is 2.33. The third kappa shape index (κ3) is 3.84. The molecule has 0 spiro atoms. The Labute approximate surface area is 112 Å². The molecular formula is C12H18ClN3O2. The molecule has 1 aromatic heterocycles. The van der Waals surface area contributed by atoms with Crippen LogP contribution in [0.15, 0.2) is 6.07 Å². The van der Waals surface area contributed by atoms with E-state index >= 15 is 0 Å². The van der Waals surface area contributed by atoms with Crippen LogP contribution < -0.4 is 4.90 Å². The number of carbonyl (C=O) groups excluding carboxylic acids is 1. The number of hydrogen-bond donors (Lipinski definition) is 0. The Kier molecular flexibility index (Phi) is 5.34. The van der Waals surface area contributed by atoms with Crippen molar-refractivity contribution < 1.29 is 9.53 Å². The van der Waals surface area contributed by atoms with E-state index in [4.69, 9.17) is 16.3 Å². The SMILES string of the molecule is CCN(CC(C)C(=O)OC)c1cc(Cl)nc(C)n1. The zero-order valence-corrected chi connectivity index (χ0v) is 11.9. The van der Waals surface area contributed by atoms with E-state index in [1.54, 1.807) is 13.0 Å². The molecule has 0 aromatic carbocycles. The van der Waals surface area contributed by atoms with Gasteiger partial charge in [-0.15, -0.1) is 0 Å². The fourth-order valence-electron chi connectivity index (χ4n) is 1.67. The summed E-state index contributed by atoms with van der Waals surface area (Å²) in [5, 5.41) is 0.404. The van der Waals surface area contributed by atoms with Gasteiger partial charge in [-0.05, 0) is 13.8 Å². The third-order valence-electron chi connectivity index (χ3n) is 2.60. The molecule has 18 heavy (non-hydrogen) atoms. The lowest BCUT2D eigenvalue weighted by molar-refractivity contribution is -0.144. The number of methoxy groups -OCH3 is 1. The first-order valence-electron chi connectivity index (χ1n) is 5.81. The Morgan fingerprint density at radius 3 is 2.72 bits per heavy atom. The lowest BCUT2D eigenvalue weighted by atomic mass is 10.1. The zero-order chi connectivity index (χ0) is 13.7. The molecule has 6 heteroatoms. The lowest BCUT2D eigenvalue weighted by Gasteiger charge is -2.24. The smallest absolute Gasteiger partial charge is 0.310 e. The molecule has 0 radical (unpaired) electrons. The maximum Gasteiger partial charge on any atom is 0.310 e. The first kappa shape index (κ1) is 14.7. The van der Waals surface area contributed by atoms with Crippen LogP contribution in [0.1, 0.15) is 19.7 Å². The first-order valence-corrected chi connectivity index (χ1v) is 6.19. The minimum atomic E-state index is -0.231. The van der Waals surface area contributed by atoms with Gasteiger partial charge in [0.25, 0.3) is 0 Å². The summed E-state index contributed by atoms with van der Waals surface area (Å²) in [6.45, 7) is 6.87. The number of anilines is 1. The van der Waals surface area contributed by atoms with Gasteiger partial charge >= 0.3 is 5.97 Å². The molecule has 0 saturated heterocycles. The predicted octanol–water partition coefficient (Wildman–Crippen LogP) is 2.07. The molecule has 0 aliphatic carbocycles. The number of ether oxygens (including phenoxy) is 1. The summed E-state index contributed by atoms with van der Waals surface area (Å²) in [7, 11) is 1.39. The molecule has 0 fully saturated rings. The summed E-state index contributed by atoms with van der Waals surface area (Å²) in [6.07, 6.45) is 0. The zero-order valence-electron chi connectivity index (χ0n) is 11.1. The standard InChI is InChI=1S/C12H18ClN3O2/c1-5-16(7-8(2)12(17)18-4)11-6-10(13)14-9(3)15-11/h6,8H,5,7H2,1-4H3. The van der Waals surface area contributed by atoms with E-state index in [1.807, 2.05) is 18.7 Å². The molecule has 0 aliphatic rings. The van der Waals surface area contributed by atoms with Gasteiger partial charge in [0.1, 0.15) is 16.8 Å². The van der Waals surface area contributed by atoms with Crippen molar-refractivity contribution in [3.8, 4) is 0 Å². The summed E-state index contributed by atoms with van der Waals surface area (Å²) in [5.74, 6) is 0.891. The molecule has 0 amide bonds. The second-order valence-corrected chi connectivity index (χ2v) is 4.45. The molecule has 1 atom stereocenters. The Morgan fingerprint density at radius 2 is 2.22 bits per heavy atom. The van der Waals surface area contributed by atoms with Crippen LogP contribution in [-0.4, -0.2) is 36.1 Å². The number of rotatable bonds is 5. The Morgan fingerprint density at radius 1 is 1.56 bits per heavy atom. The highest BCUT2D eigenvalue weighted by atomic mass is 35.5. The Balaban J connectivity index is 2.86. The van der Waals surface area contributed by atoms with Crippen LogP contribution in [-0.2, 0) is 9.53 Å². The van der Waals surface area contributed by atoms with Crippen molar-refractivity contribution in [2.75, 3.05) is 25.1 Å². The van der Waals surface area contributed by atoms with Gasteiger partial charge in [0.05, 0.1) is 13.0 Å². The summed E-state index contributed by atoms with van der Waals surface area (Å²) in [5.41, 5.74) is 0. The minimum absolute atomic E-state index is 0.219. The lowest BCUT2D eigenvalue weighted by Crippen LogP contribution is -2.33. The van der Waals surface area contributed by atoms with Crippen molar-refractivity contribution in [2.24, 2.45) is 5.92 Å². The maximum absolute atomic E-state index is 11.4. The van der Waals surface area contributed by atoms with E-state index in [9.17, 15) is 4.79 Å². The van der Waals surface area contributed by atoms with Gasteiger partial charge in [0, 0.05) is 19.2 Å². The van der Waals surface area contributed by atoms with E-state index < -0.39 is 0 Å². The summed E-state index contributed by atoms with van der Waals surface area (Å²) in [4.78, 5) is 21.7.